The Labute approximate surface area is 88.7 Å². The Kier molecular flexibility index (Phi) is 5.82. The van der Waals surface area contributed by atoms with Gasteiger partial charge in [-0.1, -0.05) is 57.0 Å². The maximum Gasteiger partial charge on any atom is 0.0537 e. The van der Waals surface area contributed by atoms with E-state index in [0.717, 1.165) is 12.5 Å². The van der Waals surface area contributed by atoms with Gasteiger partial charge in [-0.15, -0.1) is 0 Å². The molecule has 0 fully saturated rings. The predicted molar refractivity (Wildman–Crippen MR) is 64.4 cm³/mol. The summed E-state index contributed by atoms with van der Waals surface area (Å²) in [5, 5.41) is 1.29. The van der Waals surface area contributed by atoms with Gasteiger partial charge in [-0.3, -0.25) is 0 Å². The van der Waals surface area contributed by atoms with Crippen LogP contribution in [0.1, 0.15) is 26.7 Å². The zero-order valence-corrected chi connectivity index (χ0v) is 9.99. The minimum atomic E-state index is 0.503. The number of rotatable bonds is 6. The first-order valence-corrected chi connectivity index (χ1v) is 6.20. The minimum absolute atomic E-state index is 0.503. The van der Waals surface area contributed by atoms with Crippen molar-refractivity contribution in [1.82, 2.24) is 0 Å². The first-order chi connectivity index (χ1) is 6.86. The lowest BCUT2D eigenvalue weighted by atomic mass is 10.1. The third-order valence-corrected chi connectivity index (χ3v) is 3.32. The van der Waals surface area contributed by atoms with Gasteiger partial charge < -0.3 is 4.52 Å². The van der Waals surface area contributed by atoms with Gasteiger partial charge >= 0.3 is 0 Å². The Morgan fingerprint density at radius 1 is 1.14 bits per heavy atom. The van der Waals surface area contributed by atoms with Crippen LogP contribution < -0.4 is 5.30 Å². The van der Waals surface area contributed by atoms with Crippen LogP contribution in [0.3, 0.4) is 0 Å². The van der Waals surface area contributed by atoms with E-state index in [9.17, 15) is 0 Å². The summed E-state index contributed by atoms with van der Waals surface area (Å²) in [7, 11) is 0.503. The molecule has 0 saturated heterocycles. The highest BCUT2D eigenvalue weighted by Gasteiger charge is 2.02. The van der Waals surface area contributed by atoms with Crippen LogP contribution in [0.2, 0.25) is 0 Å². The van der Waals surface area contributed by atoms with Crippen molar-refractivity contribution < 1.29 is 4.52 Å². The van der Waals surface area contributed by atoms with Crippen molar-refractivity contribution in [3.8, 4) is 0 Å². The summed E-state index contributed by atoms with van der Waals surface area (Å²) in [6.07, 6.45) is 2.44. The Bertz CT molecular complexity index is 231. The smallest absolute Gasteiger partial charge is 0.0537 e. The van der Waals surface area contributed by atoms with Crippen LogP contribution in [-0.2, 0) is 4.52 Å². The number of hydrogen-bond donors (Lipinski definition) is 0. The van der Waals surface area contributed by atoms with E-state index in [1.54, 1.807) is 0 Å². The fraction of sp³-hybridized carbons (Fsp3) is 0.500. The van der Waals surface area contributed by atoms with E-state index in [1.165, 1.54) is 18.1 Å². The molecule has 1 nitrogen and oxygen atoms in total. The van der Waals surface area contributed by atoms with E-state index < -0.39 is 0 Å². The molecule has 2 heteroatoms. The molecule has 0 aliphatic carbocycles. The fourth-order valence-electron chi connectivity index (χ4n) is 1.27. The van der Waals surface area contributed by atoms with Gasteiger partial charge in [0.15, 0.2) is 0 Å². The lowest BCUT2D eigenvalue weighted by Crippen LogP contribution is -2.05. The average Bonchev–Trinajstić information content (AvgIpc) is 2.26. The summed E-state index contributed by atoms with van der Waals surface area (Å²) in [5.41, 5.74) is 0. The van der Waals surface area contributed by atoms with Crippen molar-refractivity contribution in [1.29, 1.82) is 0 Å². The van der Waals surface area contributed by atoms with Crippen molar-refractivity contribution in [2.24, 2.45) is 5.92 Å². The maximum atomic E-state index is 5.69. The van der Waals surface area contributed by atoms with Gasteiger partial charge in [0, 0.05) is 8.81 Å². The quantitative estimate of drug-likeness (QED) is 0.654. The van der Waals surface area contributed by atoms with Gasteiger partial charge in [0.1, 0.15) is 0 Å². The van der Waals surface area contributed by atoms with Crippen LogP contribution in [0.5, 0.6) is 0 Å². The van der Waals surface area contributed by atoms with Gasteiger partial charge in [-0.2, -0.15) is 0 Å². The largest absolute Gasteiger partial charge is 0.357 e. The molecule has 0 bridgehead atoms. The summed E-state index contributed by atoms with van der Waals surface area (Å²) in [4.78, 5) is 0. The van der Waals surface area contributed by atoms with Gasteiger partial charge in [0.2, 0.25) is 0 Å². The maximum absolute atomic E-state index is 5.69. The molecule has 78 valence electrons. The number of hydrogen-bond acceptors (Lipinski definition) is 1. The fourth-order valence-corrected chi connectivity index (χ4v) is 2.09. The summed E-state index contributed by atoms with van der Waals surface area (Å²) in [6.45, 7) is 5.35. The second-order valence-corrected chi connectivity index (χ2v) is 4.53. The van der Waals surface area contributed by atoms with Crippen LogP contribution in [0.4, 0.5) is 0 Å². The highest BCUT2D eigenvalue weighted by atomic mass is 31.1. The molecule has 0 spiro atoms. The molecule has 14 heavy (non-hydrogen) atoms. The summed E-state index contributed by atoms with van der Waals surface area (Å²) < 4.78 is 5.69. The lowest BCUT2D eigenvalue weighted by molar-refractivity contribution is 0.271. The van der Waals surface area contributed by atoms with E-state index in [0.29, 0.717) is 8.81 Å². The van der Waals surface area contributed by atoms with Crippen LogP contribution in [0.25, 0.3) is 0 Å². The Morgan fingerprint density at radius 2 is 1.79 bits per heavy atom. The van der Waals surface area contributed by atoms with Crippen molar-refractivity contribution in [3.63, 3.8) is 0 Å². The van der Waals surface area contributed by atoms with Crippen molar-refractivity contribution in [3.05, 3.63) is 30.3 Å². The van der Waals surface area contributed by atoms with Crippen molar-refractivity contribution >= 4 is 14.1 Å². The number of benzene rings is 1. The van der Waals surface area contributed by atoms with E-state index >= 15 is 0 Å². The summed E-state index contributed by atoms with van der Waals surface area (Å²) >= 11 is 0. The molecule has 0 heterocycles. The van der Waals surface area contributed by atoms with E-state index in [4.69, 9.17) is 4.52 Å². The topological polar surface area (TPSA) is 9.23 Å². The third kappa shape index (κ3) is 4.21. The van der Waals surface area contributed by atoms with Gasteiger partial charge in [0.05, 0.1) is 6.61 Å². The summed E-state index contributed by atoms with van der Waals surface area (Å²) in [5.74, 6) is 0.728. The highest BCUT2D eigenvalue weighted by molar-refractivity contribution is 7.41. The van der Waals surface area contributed by atoms with Crippen LogP contribution in [-0.4, -0.2) is 6.61 Å². The molecule has 1 aromatic carbocycles. The molecule has 0 saturated carbocycles. The Balaban J connectivity index is 2.21. The van der Waals surface area contributed by atoms with Gasteiger partial charge in [0.25, 0.3) is 0 Å². The second-order valence-electron chi connectivity index (χ2n) is 3.46. The standard InChI is InChI=1S/C12H19OP/c1-3-11(4-2)10-13-14-12-8-6-5-7-9-12/h5-9,11,14H,3-4,10H2,1-2H3. The average molecular weight is 210 g/mol. The molecule has 0 N–H and O–H groups in total. The molecule has 1 atom stereocenters. The van der Waals surface area contributed by atoms with Crippen molar-refractivity contribution in [2.75, 3.05) is 6.61 Å². The molecule has 1 rings (SSSR count). The molecular formula is C12H19OP. The first kappa shape index (κ1) is 11.7. The van der Waals surface area contributed by atoms with Gasteiger partial charge in [-0.05, 0) is 11.2 Å². The zero-order chi connectivity index (χ0) is 10.2. The monoisotopic (exact) mass is 210 g/mol. The zero-order valence-electron chi connectivity index (χ0n) is 8.99. The minimum Gasteiger partial charge on any atom is -0.357 e. The predicted octanol–water partition coefficient (Wildman–Crippen LogP) is 3.36. The SMILES string of the molecule is CCC(CC)COPc1ccccc1. The molecule has 0 amide bonds. The first-order valence-electron chi connectivity index (χ1n) is 5.29. The van der Waals surface area contributed by atoms with Gasteiger partial charge in [-0.25, -0.2) is 0 Å². The molecular weight excluding hydrogens is 191 g/mol. The molecule has 0 aliphatic rings. The van der Waals surface area contributed by atoms with E-state index in [1.807, 2.05) is 6.07 Å². The molecule has 1 unspecified atom stereocenters. The lowest BCUT2D eigenvalue weighted by Gasteiger charge is -2.12. The highest BCUT2D eigenvalue weighted by Crippen LogP contribution is 2.16. The van der Waals surface area contributed by atoms with Crippen LogP contribution >= 0.6 is 8.81 Å². The van der Waals surface area contributed by atoms with Crippen LogP contribution in [0.15, 0.2) is 30.3 Å². The second kappa shape index (κ2) is 6.98. The molecule has 1 aromatic rings. The normalized spacial score (nSPS) is 11.6. The van der Waals surface area contributed by atoms with Crippen LogP contribution in [0, 0.1) is 5.92 Å². The summed E-state index contributed by atoms with van der Waals surface area (Å²) in [6, 6.07) is 10.4. The van der Waals surface area contributed by atoms with E-state index in [2.05, 4.69) is 38.1 Å². The molecule has 0 radical (unpaired) electrons. The Morgan fingerprint density at radius 3 is 2.36 bits per heavy atom. The molecule has 0 aromatic heterocycles. The molecule has 0 aliphatic heterocycles. The Hall–Kier alpha value is -0.390. The van der Waals surface area contributed by atoms with E-state index in [-0.39, 0.29) is 0 Å². The van der Waals surface area contributed by atoms with Crippen molar-refractivity contribution in [2.45, 2.75) is 26.7 Å². The third-order valence-electron chi connectivity index (χ3n) is 2.44.